The summed E-state index contributed by atoms with van der Waals surface area (Å²) in [5.41, 5.74) is 10.6. The second-order valence-corrected chi connectivity index (χ2v) is 4.71. The van der Waals surface area contributed by atoms with E-state index in [-0.39, 0.29) is 11.7 Å². The molecule has 4 N–H and O–H groups in total. The van der Waals surface area contributed by atoms with Crippen LogP contribution < -0.4 is 21.1 Å². The van der Waals surface area contributed by atoms with Crippen LogP contribution in [0.2, 0.25) is 0 Å². The second kappa shape index (κ2) is 4.32. The summed E-state index contributed by atoms with van der Waals surface area (Å²) in [6.45, 7) is 3.05. The molecule has 2 rings (SSSR count). The Morgan fingerprint density at radius 3 is 2.83 bits per heavy atom. The summed E-state index contributed by atoms with van der Waals surface area (Å²) in [6.07, 6.45) is 2.07. The zero-order valence-corrected chi connectivity index (χ0v) is 10.5. The Morgan fingerprint density at radius 1 is 1.56 bits per heavy atom. The fourth-order valence-electron chi connectivity index (χ4n) is 2.14. The Kier molecular flexibility index (Phi) is 2.98. The Labute approximate surface area is 105 Å². The lowest BCUT2D eigenvalue weighted by atomic mass is 9.89. The van der Waals surface area contributed by atoms with Gasteiger partial charge in [0, 0.05) is 13.1 Å². The number of nitrogens with two attached hydrogens (primary N) is 2. The molecule has 0 bridgehead atoms. The average Bonchev–Trinajstić information content (AvgIpc) is 2.73. The number of anilines is 2. The van der Waals surface area contributed by atoms with E-state index in [4.69, 9.17) is 16.2 Å². The molecule has 0 saturated carbocycles. The van der Waals surface area contributed by atoms with Crippen LogP contribution in [-0.2, 0) is 4.79 Å². The van der Waals surface area contributed by atoms with Gasteiger partial charge in [0.05, 0.1) is 12.5 Å². The number of amides is 1. The van der Waals surface area contributed by atoms with Gasteiger partial charge in [0.1, 0.15) is 6.33 Å². The molecule has 1 aromatic rings. The fraction of sp³-hybridized carbons (Fsp3) is 0.545. The number of methoxy groups -OCH3 is 1. The van der Waals surface area contributed by atoms with E-state index >= 15 is 0 Å². The monoisotopic (exact) mass is 251 g/mol. The summed E-state index contributed by atoms with van der Waals surface area (Å²) < 4.78 is 5.21. The van der Waals surface area contributed by atoms with Gasteiger partial charge in [0.2, 0.25) is 11.7 Å². The molecule has 0 aliphatic carbocycles. The molecule has 7 heteroatoms. The molecule has 1 aliphatic rings. The highest BCUT2D eigenvalue weighted by atomic mass is 16.5. The molecule has 1 atom stereocenters. The molecular weight excluding hydrogens is 234 g/mol. The van der Waals surface area contributed by atoms with Gasteiger partial charge in [-0.15, -0.1) is 0 Å². The second-order valence-electron chi connectivity index (χ2n) is 4.71. The SMILES string of the molecule is COc1c(N)ncnc1N1CCC(C)(C(N)=O)C1. The summed E-state index contributed by atoms with van der Waals surface area (Å²) in [7, 11) is 1.52. The van der Waals surface area contributed by atoms with Crippen molar-refractivity contribution in [3.63, 3.8) is 0 Å². The van der Waals surface area contributed by atoms with Gasteiger partial charge < -0.3 is 21.1 Å². The molecule has 1 saturated heterocycles. The Morgan fingerprint density at radius 2 is 2.28 bits per heavy atom. The van der Waals surface area contributed by atoms with Crippen LogP contribution in [-0.4, -0.2) is 36.1 Å². The zero-order valence-electron chi connectivity index (χ0n) is 10.5. The van der Waals surface area contributed by atoms with E-state index < -0.39 is 5.41 Å². The Bertz CT molecular complexity index is 479. The molecule has 98 valence electrons. The molecule has 0 radical (unpaired) electrons. The van der Waals surface area contributed by atoms with Crippen LogP contribution in [0, 0.1) is 5.41 Å². The highest BCUT2D eigenvalue weighted by molar-refractivity contribution is 5.82. The van der Waals surface area contributed by atoms with Gasteiger partial charge in [-0.1, -0.05) is 0 Å². The molecule has 1 fully saturated rings. The van der Waals surface area contributed by atoms with Gasteiger partial charge in [0.25, 0.3) is 0 Å². The summed E-state index contributed by atoms with van der Waals surface area (Å²) in [5.74, 6) is 1.03. The van der Waals surface area contributed by atoms with Gasteiger partial charge >= 0.3 is 0 Å². The third-order valence-corrected chi connectivity index (χ3v) is 3.38. The van der Waals surface area contributed by atoms with Crippen molar-refractivity contribution in [2.24, 2.45) is 11.1 Å². The minimum Gasteiger partial charge on any atom is -0.490 e. The minimum atomic E-state index is -0.537. The molecule has 1 unspecified atom stereocenters. The number of hydrogen-bond acceptors (Lipinski definition) is 6. The van der Waals surface area contributed by atoms with Crippen molar-refractivity contribution in [1.82, 2.24) is 9.97 Å². The fourth-order valence-corrected chi connectivity index (χ4v) is 2.14. The summed E-state index contributed by atoms with van der Waals surface area (Å²) in [4.78, 5) is 21.4. The lowest BCUT2D eigenvalue weighted by Gasteiger charge is -2.23. The van der Waals surface area contributed by atoms with E-state index in [1.165, 1.54) is 13.4 Å². The van der Waals surface area contributed by atoms with Crippen molar-refractivity contribution in [3.05, 3.63) is 6.33 Å². The van der Waals surface area contributed by atoms with Crippen LogP contribution >= 0.6 is 0 Å². The maximum Gasteiger partial charge on any atom is 0.225 e. The molecule has 18 heavy (non-hydrogen) atoms. The first-order valence-corrected chi connectivity index (χ1v) is 5.67. The first kappa shape index (κ1) is 12.4. The van der Waals surface area contributed by atoms with Crippen molar-refractivity contribution < 1.29 is 9.53 Å². The summed E-state index contributed by atoms with van der Waals surface area (Å²) in [5, 5.41) is 0. The number of primary amides is 1. The Balaban J connectivity index is 2.30. The third-order valence-electron chi connectivity index (χ3n) is 3.38. The smallest absolute Gasteiger partial charge is 0.225 e. The van der Waals surface area contributed by atoms with Crippen LogP contribution in [0.3, 0.4) is 0 Å². The van der Waals surface area contributed by atoms with E-state index in [2.05, 4.69) is 9.97 Å². The van der Waals surface area contributed by atoms with E-state index in [9.17, 15) is 4.79 Å². The topological polar surface area (TPSA) is 107 Å². The molecule has 2 heterocycles. The highest BCUT2D eigenvalue weighted by Gasteiger charge is 2.40. The van der Waals surface area contributed by atoms with Gasteiger partial charge in [-0.3, -0.25) is 4.79 Å². The third kappa shape index (κ3) is 1.92. The number of carbonyl (C=O) groups is 1. The van der Waals surface area contributed by atoms with Crippen molar-refractivity contribution in [2.45, 2.75) is 13.3 Å². The molecule has 1 aliphatic heterocycles. The van der Waals surface area contributed by atoms with E-state index in [0.29, 0.717) is 31.1 Å². The normalized spacial score (nSPS) is 23.1. The van der Waals surface area contributed by atoms with Gasteiger partial charge in [0.15, 0.2) is 11.6 Å². The number of aromatic nitrogens is 2. The number of carbonyl (C=O) groups excluding carboxylic acids is 1. The minimum absolute atomic E-state index is 0.287. The van der Waals surface area contributed by atoms with Crippen LogP contribution in [0.15, 0.2) is 6.33 Å². The standard InChI is InChI=1S/C11H17N5O2/c1-11(10(13)17)3-4-16(5-11)9-7(18-2)8(12)14-6-15-9/h6H,3-5H2,1-2H3,(H2,13,17)(H2,12,14,15). The molecule has 1 amide bonds. The first-order chi connectivity index (χ1) is 8.48. The number of ether oxygens (including phenoxy) is 1. The van der Waals surface area contributed by atoms with E-state index in [1.54, 1.807) is 0 Å². The molecule has 0 spiro atoms. The van der Waals surface area contributed by atoms with Crippen LogP contribution in [0.4, 0.5) is 11.6 Å². The molecule has 7 nitrogen and oxygen atoms in total. The van der Waals surface area contributed by atoms with Crippen molar-refractivity contribution in [3.8, 4) is 5.75 Å². The van der Waals surface area contributed by atoms with Crippen LogP contribution in [0.25, 0.3) is 0 Å². The Hall–Kier alpha value is -2.05. The predicted molar refractivity (Wildman–Crippen MR) is 67.1 cm³/mol. The van der Waals surface area contributed by atoms with Crippen LogP contribution in [0.1, 0.15) is 13.3 Å². The largest absolute Gasteiger partial charge is 0.490 e. The number of nitrogen functional groups attached to an aromatic ring is 1. The van der Waals surface area contributed by atoms with Gasteiger partial charge in [-0.05, 0) is 13.3 Å². The van der Waals surface area contributed by atoms with E-state index in [1.807, 2.05) is 11.8 Å². The average molecular weight is 251 g/mol. The summed E-state index contributed by atoms with van der Waals surface area (Å²) in [6, 6.07) is 0. The molecular formula is C11H17N5O2. The molecule has 0 aromatic carbocycles. The van der Waals surface area contributed by atoms with Crippen molar-refractivity contribution in [2.75, 3.05) is 30.8 Å². The number of hydrogen-bond donors (Lipinski definition) is 2. The maximum atomic E-state index is 11.4. The first-order valence-electron chi connectivity index (χ1n) is 5.67. The van der Waals surface area contributed by atoms with Gasteiger partial charge in [-0.2, -0.15) is 0 Å². The zero-order chi connectivity index (χ0) is 13.3. The molecule has 1 aromatic heterocycles. The van der Waals surface area contributed by atoms with Crippen molar-refractivity contribution in [1.29, 1.82) is 0 Å². The highest BCUT2D eigenvalue weighted by Crippen LogP contribution is 2.37. The quantitative estimate of drug-likeness (QED) is 0.768. The number of rotatable bonds is 3. The lowest BCUT2D eigenvalue weighted by Crippen LogP contribution is -2.37. The van der Waals surface area contributed by atoms with Crippen LogP contribution in [0.5, 0.6) is 5.75 Å². The maximum absolute atomic E-state index is 11.4. The van der Waals surface area contributed by atoms with E-state index in [0.717, 1.165) is 0 Å². The lowest BCUT2D eigenvalue weighted by molar-refractivity contribution is -0.125. The number of nitrogens with zero attached hydrogens (tertiary/aromatic N) is 3. The van der Waals surface area contributed by atoms with Crippen molar-refractivity contribution >= 4 is 17.5 Å². The predicted octanol–water partition coefficient (Wildman–Crippen LogP) is -0.231. The summed E-state index contributed by atoms with van der Waals surface area (Å²) >= 11 is 0. The van der Waals surface area contributed by atoms with Gasteiger partial charge in [-0.25, -0.2) is 9.97 Å².